The number of rotatable bonds is 3. The van der Waals surface area contributed by atoms with Crippen LogP contribution in [0.4, 0.5) is 4.79 Å². The summed E-state index contributed by atoms with van der Waals surface area (Å²) in [6.07, 6.45) is 0.332. The Morgan fingerprint density at radius 1 is 1.39 bits per heavy atom. The molecule has 0 aliphatic carbocycles. The Kier molecular flexibility index (Phi) is 4.95. The van der Waals surface area contributed by atoms with Crippen molar-refractivity contribution in [3.8, 4) is 0 Å². The van der Waals surface area contributed by atoms with E-state index in [-0.39, 0.29) is 17.5 Å². The van der Waals surface area contributed by atoms with E-state index in [1.807, 2.05) is 20.8 Å². The number of nitrogens with one attached hydrogen (secondary N) is 2. The number of carbonyl (C=O) groups excluding carboxylic acids is 2. The molecule has 1 rings (SSSR count). The van der Waals surface area contributed by atoms with Crippen molar-refractivity contribution in [3.63, 3.8) is 0 Å². The molecule has 0 aromatic rings. The fraction of sp³-hybridized carbons (Fsp3) is 0.833. The van der Waals surface area contributed by atoms with Gasteiger partial charge in [0.25, 0.3) is 0 Å². The Bertz CT molecular complexity index is 312. The molecule has 1 heterocycles. The van der Waals surface area contributed by atoms with Gasteiger partial charge in [0, 0.05) is 18.6 Å². The summed E-state index contributed by atoms with van der Waals surface area (Å²) < 4.78 is 4.53. The summed E-state index contributed by atoms with van der Waals surface area (Å²) in [6, 6.07) is -0.00367. The van der Waals surface area contributed by atoms with Crippen LogP contribution in [0.5, 0.6) is 0 Å². The standard InChI is InChI=1S/C12H23N3O3/c1-12(2,3)13-7-10(16)15-6-5-9(8-15)14-11(17)18-4/h9,13H,5-8H2,1-4H3,(H,14,17). The van der Waals surface area contributed by atoms with Gasteiger partial charge < -0.3 is 20.3 Å². The number of likely N-dealkylation sites (tertiary alicyclic amines) is 1. The Morgan fingerprint density at radius 3 is 2.61 bits per heavy atom. The minimum Gasteiger partial charge on any atom is -0.453 e. The lowest BCUT2D eigenvalue weighted by molar-refractivity contribution is -0.129. The second-order valence-corrected chi connectivity index (χ2v) is 5.56. The van der Waals surface area contributed by atoms with E-state index >= 15 is 0 Å². The molecule has 6 nitrogen and oxygen atoms in total. The van der Waals surface area contributed by atoms with Gasteiger partial charge in [-0.3, -0.25) is 4.79 Å². The second kappa shape index (κ2) is 6.04. The molecule has 1 unspecified atom stereocenters. The van der Waals surface area contributed by atoms with E-state index in [1.165, 1.54) is 7.11 Å². The molecule has 0 bridgehead atoms. The largest absolute Gasteiger partial charge is 0.453 e. The van der Waals surface area contributed by atoms with Crippen molar-refractivity contribution in [1.82, 2.24) is 15.5 Å². The van der Waals surface area contributed by atoms with Crippen LogP contribution < -0.4 is 10.6 Å². The van der Waals surface area contributed by atoms with Crippen molar-refractivity contribution in [2.24, 2.45) is 0 Å². The monoisotopic (exact) mass is 257 g/mol. The first-order valence-corrected chi connectivity index (χ1v) is 6.19. The second-order valence-electron chi connectivity index (χ2n) is 5.56. The zero-order chi connectivity index (χ0) is 13.8. The van der Waals surface area contributed by atoms with E-state index in [2.05, 4.69) is 15.4 Å². The van der Waals surface area contributed by atoms with Crippen LogP contribution in [-0.4, -0.2) is 55.2 Å². The van der Waals surface area contributed by atoms with E-state index < -0.39 is 6.09 Å². The third kappa shape index (κ3) is 4.91. The van der Waals surface area contributed by atoms with Gasteiger partial charge in [0.05, 0.1) is 19.7 Å². The number of ether oxygens (including phenoxy) is 1. The average molecular weight is 257 g/mol. The van der Waals surface area contributed by atoms with Gasteiger partial charge in [0.1, 0.15) is 0 Å². The van der Waals surface area contributed by atoms with Gasteiger partial charge in [0.15, 0.2) is 0 Å². The molecule has 2 N–H and O–H groups in total. The van der Waals surface area contributed by atoms with Gasteiger partial charge in [-0.05, 0) is 27.2 Å². The molecule has 0 radical (unpaired) electrons. The molecule has 18 heavy (non-hydrogen) atoms. The minimum absolute atomic E-state index is 0.00367. The van der Waals surface area contributed by atoms with Crippen LogP contribution in [0.15, 0.2) is 0 Å². The average Bonchev–Trinajstić information content (AvgIpc) is 2.73. The summed E-state index contributed by atoms with van der Waals surface area (Å²) in [5, 5.41) is 5.87. The van der Waals surface area contributed by atoms with Gasteiger partial charge in [0.2, 0.25) is 5.91 Å². The van der Waals surface area contributed by atoms with Crippen LogP contribution in [0.2, 0.25) is 0 Å². The maximum atomic E-state index is 11.9. The summed E-state index contributed by atoms with van der Waals surface area (Å²) >= 11 is 0. The zero-order valence-electron chi connectivity index (χ0n) is 11.6. The fourth-order valence-corrected chi connectivity index (χ4v) is 1.78. The van der Waals surface area contributed by atoms with E-state index in [9.17, 15) is 9.59 Å². The van der Waals surface area contributed by atoms with E-state index in [0.29, 0.717) is 19.6 Å². The number of alkyl carbamates (subject to hydrolysis) is 1. The van der Waals surface area contributed by atoms with E-state index in [4.69, 9.17) is 0 Å². The quantitative estimate of drug-likeness (QED) is 0.764. The van der Waals surface area contributed by atoms with Gasteiger partial charge in [-0.2, -0.15) is 0 Å². The Hall–Kier alpha value is -1.30. The topological polar surface area (TPSA) is 70.7 Å². The molecule has 0 saturated carbocycles. The van der Waals surface area contributed by atoms with E-state index in [1.54, 1.807) is 4.90 Å². The van der Waals surface area contributed by atoms with Gasteiger partial charge in [-0.15, -0.1) is 0 Å². The lowest BCUT2D eigenvalue weighted by atomic mass is 10.1. The third-order valence-corrected chi connectivity index (χ3v) is 2.82. The summed E-state index contributed by atoms with van der Waals surface area (Å²) in [7, 11) is 1.33. The molecule has 6 heteroatoms. The number of carbonyl (C=O) groups is 2. The Balaban J connectivity index is 2.33. The van der Waals surface area contributed by atoms with Crippen molar-refractivity contribution >= 4 is 12.0 Å². The van der Waals surface area contributed by atoms with Crippen molar-refractivity contribution in [1.29, 1.82) is 0 Å². The normalized spacial score (nSPS) is 19.8. The number of amides is 2. The molecule has 0 spiro atoms. The van der Waals surface area contributed by atoms with Gasteiger partial charge >= 0.3 is 6.09 Å². The summed E-state index contributed by atoms with van der Waals surface area (Å²) in [4.78, 5) is 24.7. The summed E-state index contributed by atoms with van der Waals surface area (Å²) in [6.45, 7) is 7.62. The molecule has 2 amide bonds. The molecule has 1 aliphatic rings. The first-order chi connectivity index (χ1) is 8.31. The number of hydrogen-bond acceptors (Lipinski definition) is 4. The Labute approximate surface area is 108 Å². The summed E-state index contributed by atoms with van der Waals surface area (Å²) in [5.74, 6) is 0.0686. The lowest BCUT2D eigenvalue weighted by Crippen LogP contribution is -2.45. The molecule has 0 aromatic heterocycles. The molecule has 1 aliphatic heterocycles. The van der Waals surface area contributed by atoms with Crippen molar-refractivity contribution in [3.05, 3.63) is 0 Å². The van der Waals surface area contributed by atoms with Crippen molar-refractivity contribution in [2.75, 3.05) is 26.7 Å². The lowest BCUT2D eigenvalue weighted by Gasteiger charge is -2.23. The molecule has 1 saturated heterocycles. The minimum atomic E-state index is -0.442. The highest BCUT2D eigenvalue weighted by atomic mass is 16.5. The third-order valence-electron chi connectivity index (χ3n) is 2.82. The summed E-state index contributed by atoms with van der Waals surface area (Å²) in [5.41, 5.74) is -0.0704. The fourth-order valence-electron chi connectivity index (χ4n) is 1.78. The van der Waals surface area contributed by atoms with Crippen molar-refractivity contribution < 1.29 is 14.3 Å². The van der Waals surface area contributed by atoms with Crippen LogP contribution in [0.25, 0.3) is 0 Å². The Morgan fingerprint density at radius 2 is 2.06 bits per heavy atom. The van der Waals surface area contributed by atoms with Crippen LogP contribution >= 0.6 is 0 Å². The highest BCUT2D eigenvalue weighted by Gasteiger charge is 2.27. The molecule has 104 valence electrons. The molecular weight excluding hydrogens is 234 g/mol. The van der Waals surface area contributed by atoms with Crippen LogP contribution in [0, 0.1) is 0 Å². The highest BCUT2D eigenvalue weighted by Crippen LogP contribution is 2.09. The highest BCUT2D eigenvalue weighted by molar-refractivity contribution is 5.79. The number of methoxy groups -OCH3 is 1. The number of nitrogens with zero attached hydrogens (tertiary/aromatic N) is 1. The van der Waals surface area contributed by atoms with Crippen molar-refractivity contribution in [2.45, 2.75) is 38.8 Å². The molecule has 0 aromatic carbocycles. The molecule has 1 atom stereocenters. The zero-order valence-corrected chi connectivity index (χ0v) is 11.6. The smallest absolute Gasteiger partial charge is 0.407 e. The van der Waals surface area contributed by atoms with Gasteiger partial charge in [-0.1, -0.05) is 0 Å². The number of hydrogen-bond donors (Lipinski definition) is 2. The SMILES string of the molecule is COC(=O)NC1CCN(C(=O)CNC(C)(C)C)C1. The van der Waals surface area contributed by atoms with Crippen LogP contribution in [-0.2, 0) is 9.53 Å². The maximum Gasteiger partial charge on any atom is 0.407 e. The van der Waals surface area contributed by atoms with E-state index in [0.717, 1.165) is 6.42 Å². The molecule has 1 fully saturated rings. The maximum absolute atomic E-state index is 11.9. The predicted octanol–water partition coefficient (Wildman–Crippen LogP) is 0.331. The first kappa shape index (κ1) is 14.8. The predicted molar refractivity (Wildman–Crippen MR) is 68.3 cm³/mol. The van der Waals surface area contributed by atoms with Gasteiger partial charge in [-0.25, -0.2) is 4.79 Å². The van der Waals surface area contributed by atoms with Crippen LogP contribution in [0.1, 0.15) is 27.2 Å². The molecular formula is C12H23N3O3. The first-order valence-electron chi connectivity index (χ1n) is 6.19. The van der Waals surface area contributed by atoms with Crippen LogP contribution in [0.3, 0.4) is 0 Å².